The molecule has 3 aromatic rings. The molecule has 1 atom stereocenters. The minimum Gasteiger partial charge on any atom is -0.368 e. The maximum absolute atomic E-state index is 12.3. The molecule has 0 bridgehead atoms. The lowest BCUT2D eigenvalue weighted by Crippen LogP contribution is -3.08. The van der Waals surface area contributed by atoms with Crippen LogP contribution in [-0.2, 0) is 11.3 Å². The van der Waals surface area contributed by atoms with Gasteiger partial charge in [-0.3, -0.25) is 4.79 Å². The first-order valence-corrected chi connectivity index (χ1v) is 9.40. The van der Waals surface area contributed by atoms with E-state index >= 15 is 0 Å². The van der Waals surface area contributed by atoms with Crippen LogP contribution in [0.5, 0.6) is 0 Å². The van der Waals surface area contributed by atoms with Gasteiger partial charge >= 0.3 is 0 Å². The predicted octanol–water partition coefficient (Wildman–Crippen LogP) is 1.47. The highest BCUT2D eigenvalue weighted by atomic mass is 16.2. The molecule has 0 aliphatic rings. The summed E-state index contributed by atoms with van der Waals surface area (Å²) in [5, 5.41) is 6.07. The number of amides is 1. The largest absolute Gasteiger partial charge is 0.368 e. The Morgan fingerprint density at radius 3 is 2.48 bits per heavy atom. The average Bonchev–Trinajstić information content (AvgIpc) is 2.65. The Labute approximate surface area is 170 Å². The first kappa shape index (κ1) is 20.2. The number of nitrogen functional groups attached to an aromatic ring is 1. The van der Waals surface area contributed by atoms with Gasteiger partial charge in [-0.2, -0.15) is 15.0 Å². The van der Waals surface area contributed by atoms with E-state index in [1.165, 1.54) is 0 Å². The van der Waals surface area contributed by atoms with Crippen LogP contribution in [-0.4, -0.2) is 34.5 Å². The number of aromatic nitrogens is 3. The molecular formula is C21H26N7O+. The van der Waals surface area contributed by atoms with E-state index in [-0.39, 0.29) is 18.4 Å². The van der Waals surface area contributed by atoms with Gasteiger partial charge in [-0.15, -0.1) is 0 Å². The maximum Gasteiger partial charge on any atom is 0.279 e. The highest BCUT2D eigenvalue weighted by molar-refractivity contribution is 5.91. The van der Waals surface area contributed by atoms with Crippen molar-refractivity contribution in [2.75, 3.05) is 30.0 Å². The summed E-state index contributed by atoms with van der Waals surface area (Å²) in [6.45, 7) is 4.72. The molecule has 1 heterocycles. The first-order valence-electron chi connectivity index (χ1n) is 9.40. The van der Waals surface area contributed by atoms with Crippen molar-refractivity contribution in [3.63, 3.8) is 0 Å². The minimum absolute atomic E-state index is 0.0772. The molecule has 5 N–H and O–H groups in total. The van der Waals surface area contributed by atoms with Crippen LogP contribution in [0.25, 0.3) is 0 Å². The SMILES string of the molecule is Cc1ccc(NC(=O)C[NH+](C)Cc2nc(N)nc(Nc3ccccc3C)n2)cc1. The fraction of sp³-hybridized carbons (Fsp3) is 0.238. The number of carbonyl (C=O) groups is 1. The van der Waals surface area contributed by atoms with Gasteiger partial charge in [-0.05, 0) is 37.6 Å². The molecular weight excluding hydrogens is 366 g/mol. The number of para-hydroxylation sites is 1. The highest BCUT2D eigenvalue weighted by Crippen LogP contribution is 2.17. The Balaban J connectivity index is 1.61. The molecule has 0 radical (unpaired) electrons. The van der Waals surface area contributed by atoms with Gasteiger partial charge in [0.05, 0.1) is 7.05 Å². The smallest absolute Gasteiger partial charge is 0.279 e. The Morgan fingerprint density at radius 1 is 1.03 bits per heavy atom. The van der Waals surface area contributed by atoms with Gasteiger partial charge in [-0.1, -0.05) is 35.9 Å². The molecule has 0 spiro atoms. The number of nitrogens with two attached hydrogens (primary N) is 1. The number of quaternary nitrogens is 1. The van der Waals surface area contributed by atoms with Crippen molar-refractivity contribution in [3.05, 3.63) is 65.5 Å². The van der Waals surface area contributed by atoms with E-state index in [0.717, 1.165) is 27.4 Å². The van der Waals surface area contributed by atoms with Crippen molar-refractivity contribution >= 4 is 29.2 Å². The van der Waals surface area contributed by atoms with Crippen LogP contribution in [0.1, 0.15) is 17.0 Å². The molecule has 29 heavy (non-hydrogen) atoms. The molecule has 0 aliphatic heterocycles. The third kappa shape index (κ3) is 5.98. The summed E-state index contributed by atoms with van der Waals surface area (Å²) < 4.78 is 0. The number of aryl methyl sites for hydroxylation is 2. The Bertz CT molecular complexity index is 989. The number of hydrogen-bond acceptors (Lipinski definition) is 6. The lowest BCUT2D eigenvalue weighted by molar-refractivity contribution is -0.885. The van der Waals surface area contributed by atoms with E-state index < -0.39 is 0 Å². The third-order valence-corrected chi connectivity index (χ3v) is 4.35. The Kier molecular flexibility index (Phi) is 6.36. The first-order chi connectivity index (χ1) is 13.9. The Morgan fingerprint density at radius 2 is 1.76 bits per heavy atom. The standard InChI is InChI=1S/C21H25N7O/c1-14-8-10-16(11-9-14)23-19(29)13-28(3)12-18-25-20(22)27-21(26-18)24-17-7-5-4-6-15(17)2/h4-11H,12-13H2,1-3H3,(H,23,29)(H3,22,24,25,26,27)/p+1. The summed E-state index contributed by atoms with van der Waals surface area (Å²) in [6, 6.07) is 15.5. The minimum atomic E-state index is -0.0772. The lowest BCUT2D eigenvalue weighted by atomic mass is 10.2. The fourth-order valence-corrected chi connectivity index (χ4v) is 2.86. The van der Waals surface area contributed by atoms with E-state index in [2.05, 4.69) is 25.6 Å². The van der Waals surface area contributed by atoms with Gasteiger partial charge in [0.15, 0.2) is 12.4 Å². The number of anilines is 4. The van der Waals surface area contributed by atoms with Crippen LogP contribution >= 0.6 is 0 Å². The van der Waals surface area contributed by atoms with Gasteiger partial charge < -0.3 is 21.3 Å². The van der Waals surface area contributed by atoms with Crippen LogP contribution in [0.15, 0.2) is 48.5 Å². The molecule has 3 rings (SSSR count). The van der Waals surface area contributed by atoms with E-state index in [1.54, 1.807) is 0 Å². The van der Waals surface area contributed by atoms with Gasteiger partial charge in [0, 0.05) is 11.4 Å². The molecule has 1 amide bonds. The topological polar surface area (TPSA) is 110 Å². The zero-order valence-electron chi connectivity index (χ0n) is 16.9. The van der Waals surface area contributed by atoms with Crippen LogP contribution < -0.4 is 21.3 Å². The number of likely N-dealkylation sites (N-methyl/N-ethyl adjacent to an activating group) is 1. The van der Waals surface area contributed by atoms with Crippen LogP contribution in [0.3, 0.4) is 0 Å². The van der Waals surface area contributed by atoms with Crippen molar-refractivity contribution < 1.29 is 9.69 Å². The lowest BCUT2D eigenvalue weighted by Gasteiger charge is -2.14. The monoisotopic (exact) mass is 392 g/mol. The molecule has 1 aromatic heterocycles. The van der Waals surface area contributed by atoms with Crippen molar-refractivity contribution in [2.24, 2.45) is 0 Å². The number of carbonyl (C=O) groups excluding carboxylic acids is 1. The number of benzene rings is 2. The molecule has 0 aliphatic carbocycles. The van der Waals surface area contributed by atoms with Crippen molar-refractivity contribution in [1.29, 1.82) is 0 Å². The summed E-state index contributed by atoms with van der Waals surface area (Å²) in [5.41, 5.74) is 9.76. The Hall–Kier alpha value is -3.52. The average molecular weight is 392 g/mol. The molecule has 8 heteroatoms. The van der Waals surface area contributed by atoms with Gasteiger partial charge in [0.25, 0.3) is 5.91 Å². The van der Waals surface area contributed by atoms with Crippen LogP contribution in [0, 0.1) is 13.8 Å². The zero-order valence-corrected chi connectivity index (χ0v) is 16.9. The fourth-order valence-electron chi connectivity index (χ4n) is 2.86. The number of rotatable bonds is 7. The predicted molar refractivity (Wildman–Crippen MR) is 114 cm³/mol. The molecule has 8 nitrogen and oxygen atoms in total. The van der Waals surface area contributed by atoms with Crippen molar-refractivity contribution in [2.45, 2.75) is 20.4 Å². The van der Waals surface area contributed by atoms with Crippen LogP contribution in [0.2, 0.25) is 0 Å². The van der Waals surface area contributed by atoms with Gasteiger partial charge in [0.2, 0.25) is 11.9 Å². The second-order valence-electron chi connectivity index (χ2n) is 7.10. The summed E-state index contributed by atoms with van der Waals surface area (Å²) in [7, 11) is 1.91. The van der Waals surface area contributed by atoms with E-state index in [0.29, 0.717) is 18.3 Å². The molecule has 0 saturated heterocycles. The quantitative estimate of drug-likeness (QED) is 0.485. The molecule has 2 aromatic carbocycles. The van der Waals surface area contributed by atoms with Gasteiger partial charge in [0.1, 0.15) is 6.54 Å². The number of nitrogens with zero attached hydrogens (tertiary/aromatic N) is 3. The highest BCUT2D eigenvalue weighted by Gasteiger charge is 2.14. The normalized spacial score (nSPS) is 11.7. The summed E-state index contributed by atoms with van der Waals surface area (Å²) >= 11 is 0. The van der Waals surface area contributed by atoms with E-state index in [9.17, 15) is 4.79 Å². The summed E-state index contributed by atoms with van der Waals surface area (Å²) in [5.74, 6) is 0.975. The molecule has 1 unspecified atom stereocenters. The zero-order chi connectivity index (χ0) is 20.8. The van der Waals surface area contributed by atoms with Crippen molar-refractivity contribution in [1.82, 2.24) is 15.0 Å². The van der Waals surface area contributed by atoms with Crippen LogP contribution in [0.4, 0.5) is 23.3 Å². The van der Waals surface area contributed by atoms with Gasteiger partial charge in [-0.25, -0.2) is 0 Å². The maximum atomic E-state index is 12.3. The van der Waals surface area contributed by atoms with E-state index in [1.807, 2.05) is 69.4 Å². The summed E-state index contributed by atoms with van der Waals surface area (Å²) in [4.78, 5) is 26.0. The molecule has 0 saturated carbocycles. The second-order valence-corrected chi connectivity index (χ2v) is 7.10. The number of hydrogen-bond donors (Lipinski definition) is 4. The van der Waals surface area contributed by atoms with E-state index in [4.69, 9.17) is 5.73 Å². The molecule has 0 fully saturated rings. The third-order valence-electron chi connectivity index (χ3n) is 4.35. The molecule has 150 valence electrons. The number of nitrogens with one attached hydrogen (secondary N) is 3. The van der Waals surface area contributed by atoms with Crippen molar-refractivity contribution in [3.8, 4) is 0 Å². The summed E-state index contributed by atoms with van der Waals surface area (Å²) in [6.07, 6.45) is 0. The second kappa shape index (κ2) is 9.11.